The first-order chi connectivity index (χ1) is 10.5. The summed E-state index contributed by atoms with van der Waals surface area (Å²) in [5, 5.41) is 3.81. The van der Waals surface area contributed by atoms with Crippen molar-refractivity contribution in [1.29, 1.82) is 0 Å². The van der Waals surface area contributed by atoms with Gasteiger partial charge in [0.2, 0.25) is 5.76 Å². The molecular weight excluding hydrogens is 280 g/mol. The van der Waals surface area contributed by atoms with Crippen molar-refractivity contribution >= 4 is 5.91 Å². The molecule has 0 N–H and O–H groups in total. The number of carbonyl (C=O) groups is 1. The molecule has 22 heavy (non-hydrogen) atoms. The fraction of sp³-hybridized carbons (Fsp3) is 0.412. The predicted octanol–water partition coefficient (Wildman–Crippen LogP) is 3.51. The lowest BCUT2D eigenvalue weighted by Crippen LogP contribution is -2.41. The lowest BCUT2D eigenvalue weighted by molar-refractivity contribution is 0.0600. The average Bonchev–Trinajstić information content (AvgIpc) is 2.94. The third-order valence-electron chi connectivity index (χ3n) is 3.28. The highest BCUT2D eigenvalue weighted by molar-refractivity contribution is 5.92. The number of benzene rings is 1. The molecule has 1 heterocycles. The van der Waals surface area contributed by atoms with Crippen LogP contribution in [0.2, 0.25) is 0 Å². The van der Waals surface area contributed by atoms with Crippen molar-refractivity contribution in [3.05, 3.63) is 47.7 Å². The van der Waals surface area contributed by atoms with E-state index in [1.54, 1.807) is 11.0 Å². The van der Waals surface area contributed by atoms with E-state index < -0.39 is 0 Å². The normalized spacial score (nSPS) is 11.0. The Bertz CT molecular complexity index is 597. The van der Waals surface area contributed by atoms with Gasteiger partial charge in [0.25, 0.3) is 11.8 Å². The fourth-order valence-electron chi connectivity index (χ4n) is 2.35. The Kier molecular flexibility index (Phi) is 5.20. The molecule has 0 saturated heterocycles. The lowest BCUT2D eigenvalue weighted by atomic mass is 10.2. The van der Waals surface area contributed by atoms with Crippen LogP contribution < -0.4 is 4.74 Å². The summed E-state index contributed by atoms with van der Waals surface area (Å²) in [6, 6.07) is 11.5. The van der Waals surface area contributed by atoms with Crippen molar-refractivity contribution < 1.29 is 14.1 Å². The zero-order chi connectivity index (χ0) is 16.1. The van der Waals surface area contributed by atoms with Crippen molar-refractivity contribution in [3.8, 4) is 5.88 Å². The number of rotatable bonds is 6. The molecule has 5 nitrogen and oxygen atoms in total. The minimum Gasteiger partial charge on any atom is -0.471 e. The number of carbonyl (C=O) groups excluding carboxylic acids is 1. The van der Waals surface area contributed by atoms with Gasteiger partial charge in [-0.05, 0) is 38.4 Å². The Hall–Kier alpha value is -2.30. The minimum absolute atomic E-state index is 0.0892. The van der Waals surface area contributed by atoms with Crippen LogP contribution >= 0.6 is 0 Å². The molecule has 0 aliphatic rings. The zero-order valence-electron chi connectivity index (χ0n) is 13.4. The van der Waals surface area contributed by atoms with Gasteiger partial charge < -0.3 is 14.2 Å². The molecule has 1 amide bonds. The minimum atomic E-state index is -0.174. The predicted molar refractivity (Wildman–Crippen MR) is 83.7 cm³/mol. The van der Waals surface area contributed by atoms with Gasteiger partial charge in [-0.1, -0.05) is 30.3 Å². The van der Waals surface area contributed by atoms with E-state index in [1.807, 2.05) is 58.0 Å². The Morgan fingerprint density at radius 3 is 2.41 bits per heavy atom. The highest BCUT2D eigenvalue weighted by Gasteiger charge is 2.25. The third kappa shape index (κ3) is 3.87. The molecular formula is C17H22N2O3. The smallest absolute Gasteiger partial charge is 0.293 e. The van der Waals surface area contributed by atoms with Crippen LogP contribution in [0.1, 0.15) is 43.8 Å². The summed E-state index contributed by atoms with van der Waals surface area (Å²) in [7, 11) is 0. The molecule has 0 spiro atoms. The van der Waals surface area contributed by atoms with E-state index in [-0.39, 0.29) is 23.8 Å². The summed E-state index contributed by atoms with van der Waals surface area (Å²) in [6.07, 6.45) is 0. The SMILES string of the molecule is CC(C)N(C(=O)c1cc(OCc2ccccc2)no1)C(C)C. The molecule has 0 bridgehead atoms. The Balaban J connectivity index is 2.03. The van der Waals surface area contributed by atoms with E-state index in [0.717, 1.165) is 5.56 Å². The van der Waals surface area contributed by atoms with E-state index in [4.69, 9.17) is 9.26 Å². The van der Waals surface area contributed by atoms with Gasteiger partial charge in [0.15, 0.2) is 0 Å². The number of hydrogen-bond donors (Lipinski definition) is 0. The summed E-state index contributed by atoms with van der Waals surface area (Å²) in [4.78, 5) is 14.2. The summed E-state index contributed by atoms with van der Waals surface area (Å²) in [5.74, 6) is 0.345. The highest BCUT2D eigenvalue weighted by Crippen LogP contribution is 2.17. The van der Waals surface area contributed by atoms with Crippen molar-refractivity contribution in [3.63, 3.8) is 0 Å². The fourth-order valence-corrected chi connectivity index (χ4v) is 2.35. The van der Waals surface area contributed by atoms with Gasteiger partial charge in [0, 0.05) is 12.1 Å². The van der Waals surface area contributed by atoms with E-state index in [9.17, 15) is 4.79 Å². The van der Waals surface area contributed by atoms with Gasteiger partial charge in [-0.3, -0.25) is 4.79 Å². The molecule has 5 heteroatoms. The molecule has 0 fully saturated rings. The van der Waals surface area contributed by atoms with Crippen LogP contribution in [-0.2, 0) is 6.61 Å². The molecule has 0 atom stereocenters. The molecule has 0 radical (unpaired) electrons. The molecule has 0 aliphatic carbocycles. The van der Waals surface area contributed by atoms with E-state index in [1.165, 1.54) is 0 Å². The van der Waals surface area contributed by atoms with E-state index in [2.05, 4.69) is 5.16 Å². The Morgan fingerprint density at radius 1 is 1.18 bits per heavy atom. The van der Waals surface area contributed by atoms with Crippen molar-refractivity contribution in [2.45, 2.75) is 46.4 Å². The number of ether oxygens (including phenoxy) is 1. The quantitative estimate of drug-likeness (QED) is 0.819. The Labute approximate surface area is 130 Å². The lowest BCUT2D eigenvalue weighted by Gasteiger charge is -2.29. The maximum absolute atomic E-state index is 12.5. The number of hydrogen-bond acceptors (Lipinski definition) is 4. The Morgan fingerprint density at radius 2 is 1.82 bits per heavy atom. The second kappa shape index (κ2) is 7.11. The molecule has 2 rings (SSSR count). The number of aromatic nitrogens is 1. The first-order valence-electron chi connectivity index (χ1n) is 7.45. The van der Waals surface area contributed by atoms with Gasteiger partial charge >= 0.3 is 0 Å². The van der Waals surface area contributed by atoms with Crippen molar-refractivity contribution in [1.82, 2.24) is 10.1 Å². The maximum Gasteiger partial charge on any atom is 0.293 e. The number of amides is 1. The van der Waals surface area contributed by atoms with Gasteiger partial charge in [-0.25, -0.2) is 0 Å². The van der Waals surface area contributed by atoms with Gasteiger partial charge in [-0.15, -0.1) is 0 Å². The largest absolute Gasteiger partial charge is 0.471 e. The van der Waals surface area contributed by atoms with Crippen LogP contribution in [0.25, 0.3) is 0 Å². The third-order valence-corrected chi connectivity index (χ3v) is 3.28. The summed E-state index contributed by atoms with van der Waals surface area (Å²) < 4.78 is 10.7. The van der Waals surface area contributed by atoms with Gasteiger partial charge in [-0.2, -0.15) is 0 Å². The second-order valence-corrected chi connectivity index (χ2v) is 5.70. The highest BCUT2D eigenvalue weighted by atomic mass is 16.5. The van der Waals surface area contributed by atoms with Gasteiger partial charge in [0.1, 0.15) is 6.61 Å². The standard InChI is InChI=1S/C17H22N2O3/c1-12(2)19(13(3)4)17(20)15-10-16(18-22-15)21-11-14-8-6-5-7-9-14/h5-10,12-13H,11H2,1-4H3. The maximum atomic E-state index is 12.5. The summed E-state index contributed by atoms with van der Waals surface area (Å²) in [5.41, 5.74) is 1.03. The first kappa shape index (κ1) is 16.1. The molecule has 0 unspecified atom stereocenters. The van der Waals surface area contributed by atoms with Crippen LogP contribution in [-0.4, -0.2) is 28.0 Å². The molecule has 2 aromatic rings. The second-order valence-electron chi connectivity index (χ2n) is 5.70. The molecule has 1 aromatic carbocycles. The van der Waals surface area contributed by atoms with Crippen LogP contribution in [0.3, 0.4) is 0 Å². The van der Waals surface area contributed by atoms with E-state index in [0.29, 0.717) is 12.5 Å². The number of nitrogens with zero attached hydrogens (tertiary/aromatic N) is 2. The monoisotopic (exact) mass is 302 g/mol. The molecule has 118 valence electrons. The summed E-state index contributed by atoms with van der Waals surface area (Å²) >= 11 is 0. The molecule has 0 saturated carbocycles. The van der Waals surface area contributed by atoms with Crippen molar-refractivity contribution in [2.75, 3.05) is 0 Å². The van der Waals surface area contributed by atoms with Crippen LogP contribution in [0.15, 0.2) is 40.9 Å². The summed E-state index contributed by atoms with van der Waals surface area (Å²) in [6.45, 7) is 8.28. The molecule has 0 aliphatic heterocycles. The van der Waals surface area contributed by atoms with Crippen LogP contribution in [0.4, 0.5) is 0 Å². The van der Waals surface area contributed by atoms with Crippen molar-refractivity contribution in [2.24, 2.45) is 0 Å². The topological polar surface area (TPSA) is 55.6 Å². The first-order valence-corrected chi connectivity index (χ1v) is 7.45. The zero-order valence-corrected chi connectivity index (χ0v) is 13.4. The van der Waals surface area contributed by atoms with Crippen LogP contribution in [0.5, 0.6) is 5.88 Å². The molecule has 1 aromatic heterocycles. The van der Waals surface area contributed by atoms with Crippen LogP contribution in [0, 0.1) is 0 Å². The average molecular weight is 302 g/mol. The van der Waals surface area contributed by atoms with E-state index >= 15 is 0 Å². The van der Waals surface area contributed by atoms with Gasteiger partial charge in [0.05, 0.1) is 6.07 Å².